The number of likely N-dealkylation sites (N-methyl/N-ethyl adjacent to an activating group) is 1. The van der Waals surface area contributed by atoms with Gasteiger partial charge in [-0.3, -0.25) is 14.6 Å². The number of pyridine rings is 2. The molecule has 0 aliphatic carbocycles. The van der Waals surface area contributed by atoms with Crippen LogP contribution in [0, 0.1) is 11.3 Å². The van der Waals surface area contributed by atoms with Gasteiger partial charge in [-0.15, -0.1) is 0 Å². The molecule has 35 nitrogen and oxygen atoms in total. The lowest BCUT2D eigenvalue weighted by Crippen LogP contribution is -2.34. The van der Waals surface area contributed by atoms with E-state index in [9.17, 15) is 14.9 Å². The number of ether oxygens (including phenoxy) is 20. The molecule has 0 aliphatic rings. The molecule has 7 N–H and O–H groups in total. The topological polar surface area (TPSA) is 407 Å². The van der Waals surface area contributed by atoms with Gasteiger partial charge in [-0.2, -0.15) is 5.26 Å². The number of rotatable bonds is 84. The lowest BCUT2D eigenvalue weighted by Gasteiger charge is -2.16. The minimum Gasteiger partial charge on any atom is -0.382 e. The summed E-state index contributed by atoms with van der Waals surface area (Å²) in [5.41, 5.74) is 20.7. The first-order valence-corrected chi connectivity index (χ1v) is 49.0. The molecular weight excluding hydrogens is 1730 g/mol. The van der Waals surface area contributed by atoms with Crippen LogP contribution in [0.4, 0.5) is 17.3 Å². The van der Waals surface area contributed by atoms with Crippen molar-refractivity contribution in [1.29, 1.82) is 5.26 Å². The number of imidazole rings is 2. The normalized spacial score (nSPS) is 11.8. The Hall–Kier alpha value is -7.02. The third-order valence-electron chi connectivity index (χ3n) is 19.8. The average molecular weight is 1880 g/mol. The second kappa shape index (κ2) is 77.2. The smallest absolute Gasteiger partial charge is 0.195 e. The molecule has 0 bridgehead atoms. The Morgan fingerprint density at radius 1 is 0.443 bits per heavy atom. The molecule has 131 heavy (non-hydrogen) atoms. The first-order chi connectivity index (χ1) is 64.5. The molecular formula is C94H151N13O22S2. The number of nitrogens with two attached hydrogens (primary N) is 2. The standard InChI is InChI=1S/C50H76N8O11S.C44H75N5O11S/c1-3-4-14-45-57-47-48(43-12-5-6-13-44(43)56-49(47)52)58(45)18-8-7-16-53-50(55-42-11-9-10-41(39-42)40-51)54-17-20-61-22-24-63-26-28-65-30-32-67-34-36-69-38-37-68-35-33-66-31-29-64-27-25-62-23-21-60-19-15-46(59)70-2;1-4-5-10-40-47-42-38-12-11-37(36-39(38)46-44(45)43(42)48-40)9-7-6-8-14-49(2)15-17-52-19-21-54-23-25-56-27-29-58-31-33-60-35-34-59-32-30-57-28-26-55-24-22-53-20-18-51-16-13-41(50)61-3/h5-6,9-13,39H,3-4,7-8,14-38H2,1-2H3,(H2,52,56)(H2,53,54,55);11-12,36H,4-10,13-35H2,1-3H3,(H2,45,46)(H,47,48). The summed E-state index contributed by atoms with van der Waals surface area (Å²) in [7, 11) is 2.15. The number of unbranched alkanes of at least 4 members (excludes halogenated alkanes) is 5. The van der Waals surface area contributed by atoms with E-state index in [2.05, 4.69) is 86.3 Å². The number of guanidine groups is 1. The van der Waals surface area contributed by atoms with E-state index in [1.165, 1.54) is 35.5 Å². The highest BCUT2D eigenvalue weighted by molar-refractivity contribution is 8.13. The van der Waals surface area contributed by atoms with Gasteiger partial charge in [0.2, 0.25) is 0 Å². The summed E-state index contributed by atoms with van der Waals surface area (Å²) in [6.07, 6.45) is 16.8. The first kappa shape index (κ1) is 113. The number of nitrogens with zero attached hydrogens (tertiary/aromatic N) is 8. The quantitative estimate of drug-likeness (QED) is 0.0134. The molecule has 7 rings (SSSR count). The summed E-state index contributed by atoms with van der Waals surface area (Å²) in [6.45, 7) is 27.9. The van der Waals surface area contributed by atoms with Gasteiger partial charge in [0.05, 0.1) is 292 Å². The number of nitrogen functional groups attached to an aromatic ring is 2. The van der Waals surface area contributed by atoms with Crippen LogP contribution in [0.3, 0.4) is 0 Å². The van der Waals surface area contributed by atoms with Crippen LogP contribution in [0.25, 0.3) is 43.9 Å². The van der Waals surface area contributed by atoms with Crippen LogP contribution in [0.15, 0.2) is 71.7 Å². The number of fused-ring (bicyclic) bond motifs is 6. The molecule has 0 saturated carbocycles. The molecule has 0 atom stereocenters. The van der Waals surface area contributed by atoms with Gasteiger partial charge in [0.1, 0.15) is 34.0 Å². The SMILES string of the molecule is CCCCc1nc2c(N)nc3ccccc3c2n1CCCCN=C(NCCOCCOCCOCCOCCOCCOCCOCCOCCOCCOCCC(=O)SC)Nc1cccc(C#N)c1.CCCCc1nc2c([nH]1)c(N)nc1cc(CCCCCN(C)CCOCCOCCOCCOCCOCCOCCOCCOCCOCCOCCC(=O)SC)ccc12. The zero-order valence-corrected chi connectivity index (χ0v) is 80.2. The Kier molecular flexibility index (Phi) is 66.4. The summed E-state index contributed by atoms with van der Waals surface area (Å²) in [5, 5.41) is 18.5. The summed E-state index contributed by atoms with van der Waals surface area (Å²) in [6, 6.07) is 24.1. The number of carbonyl (C=O) groups excluding carboxylic acids is 2. The molecule has 4 heterocycles. The van der Waals surface area contributed by atoms with Crippen molar-refractivity contribution in [2.24, 2.45) is 4.99 Å². The number of hydrogen-bond donors (Lipinski definition) is 5. The van der Waals surface area contributed by atoms with Gasteiger partial charge in [-0.1, -0.05) is 93.0 Å². The molecule has 0 radical (unpaired) electrons. The van der Waals surface area contributed by atoms with E-state index in [1.807, 2.05) is 30.3 Å². The van der Waals surface area contributed by atoms with Crippen LogP contribution < -0.4 is 22.1 Å². The van der Waals surface area contributed by atoms with Crippen molar-refractivity contribution >= 4 is 101 Å². The number of aromatic nitrogens is 6. The number of para-hydroxylation sites is 1. The molecule has 4 aromatic heterocycles. The average Bonchev–Trinajstić information content (AvgIpc) is 1.65. The van der Waals surface area contributed by atoms with Gasteiger partial charge in [0.15, 0.2) is 22.0 Å². The van der Waals surface area contributed by atoms with Gasteiger partial charge >= 0.3 is 0 Å². The van der Waals surface area contributed by atoms with Gasteiger partial charge in [0, 0.05) is 68.3 Å². The summed E-state index contributed by atoms with van der Waals surface area (Å²) < 4.78 is 113. The van der Waals surface area contributed by atoms with E-state index < -0.39 is 0 Å². The fourth-order valence-corrected chi connectivity index (χ4v) is 13.4. The fraction of sp³-hybridized carbons (Fsp3) is 0.681. The van der Waals surface area contributed by atoms with Crippen molar-refractivity contribution in [1.82, 2.24) is 39.7 Å². The molecule has 37 heteroatoms. The lowest BCUT2D eigenvalue weighted by atomic mass is 10.0. The predicted molar refractivity (Wildman–Crippen MR) is 515 cm³/mol. The van der Waals surface area contributed by atoms with E-state index >= 15 is 0 Å². The molecule has 0 spiro atoms. The van der Waals surface area contributed by atoms with Crippen LogP contribution in [-0.2, 0) is 130 Å². The highest BCUT2D eigenvalue weighted by atomic mass is 32.2. The van der Waals surface area contributed by atoms with E-state index in [-0.39, 0.29) is 10.2 Å². The number of aliphatic imine (C=N–C) groups is 1. The Labute approximate surface area is 783 Å². The minimum absolute atomic E-state index is 0.125. The summed E-state index contributed by atoms with van der Waals surface area (Å²) in [4.78, 5) is 52.0. The van der Waals surface area contributed by atoms with Gasteiger partial charge in [-0.25, -0.2) is 19.9 Å². The number of anilines is 3. The molecule has 0 saturated heterocycles. The number of hydrogen-bond acceptors (Lipinski definition) is 33. The number of aryl methyl sites for hydroxylation is 4. The van der Waals surface area contributed by atoms with Crippen molar-refractivity contribution in [3.63, 3.8) is 0 Å². The van der Waals surface area contributed by atoms with Crippen LogP contribution >= 0.6 is 23.5 Å². The van der Waals surface area contributed by atoms with E-state index in [1.54, 1.807) is 24.6 Å². The van der Waals surface area contributed by atoms with Crippen LogP contribution in [0.1, 0.15) is 107 Å². The zero-order valence-electron chi connectivity index (χ0n) is 78.6. The monoisotopic (exact) mass is 1880 g/mol. The molecule has 3 aromatic carbocycles. The van der Waals surface area contributed by atoms with Crippen LogP contribution in [-0.4, -0.2) is 361 Å². The number of benzene rings is 3. The second-order valence-corrected chi connectivity index (χ2v) is 31.8. The van der Waals surface area contributed by atoms with Crippen molar-refractivity contribution in [2.45, 2.75) is 110 Å². The van der Waals surface area contributed by atoms with Gasteiger partial charge in [-0.05, 0) is 107 Å². The lowest BCUT2D eigenvalue weighted by molar-refractivity contribution is -0.112. The highest BCUT2D eigenvalue weighted by Crippen LogP contribution is 2.31. The maximum absolute atomic E-state index is 11.2. The predicted octanol–water partition coefficient (Wildman–Crippen LogP) is 10.8. The highest BCUT2D eigenvalue weighted by Gasteiger charge is 2.19. The van der Waals surface area contributed by atoms with Crippen molar-refractivity contribution in [3.8, 4) is 6.07 Å². The third-order valence-corrected chi connectivity index (χ3v) is 21.1. The Balaban J connectivity index is 0.000000407. The molecule has 736 valence electrons. The van der Waals surface area contributed by atoms with Crippen molar-refractivity contribution in [3.05, 3.63) is 89.5 Å². The number of carbonyl (C=O) groups is 2. The summed E-state index contributed by atoms with van der Waals surface area (Å²) >= 11 is 2.43. The summed E-state index contributed by atoms with van der Waals surface area (Å²) in [5.74, 6) is 3.62. The number of H-pyrrole nitrogens is 1. The van der Waals surface area contributed by atoms with E-state index in [0.717, 1.165) is 151 Å². The maximum Gasteiger partial charge on any atom is 0.195 e. The number of nitrogens with one attached hydrogen (secondary N) is 3. The maximum atomic E-state index is 11.2. The largest absolute Gasteiger partial charge is 0.382 e. The van der Waals surface area contributed by atoms with Crippen LogP contribution in [0.5, 0.6) is 0 Å². The van der Waals surface area contributed by atoms with Crippen LogP contribution in [0.2, 0.25) is 0 Å². The molecule has 0 amide bonds. The Morgan fingerprint density at radius 3 is 1.37 bits per heavy atom. The first-order valence-electron chi connectivity index (χ1n) is 46.6. The Bertz CT molecular complexity index is 4140. The Morgan fingerprint density at radius 2 is 0.893 bits per heavy atom. The van der Waals surface area contributed by atoms with Crippen molar-refractivity contribution < 1.29 is 104 Å². The minimum atomic E-state index is 0.125. The van der Waals surface area contributed by atoms with E-state index in [0.29, 0.717) is 313 Å². The van der Waals surface area contributed by atoms with Gasteiger partial charge < -0.3 is 131 Å². The molecule has 0 unspecified atom stereocenters. The third kappa shape index (κ3) is 53.2. The zero-order chi connectivity index (χ0) is 93.0. The second-order valence-electron chi connectivity index (χ2n) is 30.0. The number of thioether (sulfide) groups is 2. The van der Waals surface area contributed by atoms with E-state index in [4.69, 9.17) is 121 Å². The van der Waals surface area contributed by atoms with Gasteiger partial charge in [0.25, 0.3) is 0 Å². The molecule has 7 aromatic rings. The number of nitriles is 1. The van der Waals surface area contributed by atoms with Crippen molar-refractivity contribution in [2.75, 3.05) is 327 Å². The fourth-order valence-electron chi connectivity index (χ4n) is 12.8. The molecule has 0 fully saturated rings. The molecule has 0 aliphatic heterocycles. The number of aromatic amines is 1.